The third-order valence-electron chi connectivity index (χ3n) is 4.98. The van der Waals surface area contributed by atoms with Crippen LogP contribution in [0.2, 0.25) is 0 Å². The van der Waals surface area contributed by atoms with Gasteiger partial charge in [-0.3, -0.25) is 9.59 Å². The number of nitrogens with one attached hydrogen (secondary N) is 1. The summed E-state index contributed by atoms with van der Waals surface area (Å²) in [4.78, 5) is 30.7. The Kier molecular flexibility index (Phi) is 5.89. The smallest absolute Gasteiger partial charge is 0.261 e. The topological polar surface area (TPSA) is 52.7 Å². The summed E-state index contributed by atoms with van der Waals surface area (Å²) in [6.07, 6.45) is 6.41. The molecule has 1 aromatic rings. The Morgan fingerprint density at radius 1 is 1.21 bits per heavy atom. The number of carbonyl (C=O) groups excluding carboxylic acids is 2. The van der Waals surface area contributed by atoms with E-state index in [-0.39, 0.29) is 11.8 Å². The lowest BCUT2D eigenvalue weighted by Crippen LogP contribution is -2.36. The van der Waals surface area contributed by atoms with E-state index in [0.29, 0.717) is 13.0 Å². The van der Waals surface area contributed by atoms with Crippen LogP contribution in [0.25, 0.3) is 0 Å². The van der Waals surface area contributed by atoms with Crippen LogP contribution >= 0.6 is 11.3 Å². The first-order chi connectivity index (χ1) is 11.7. The van der Waals surface area contributed by atoms with E-state index in [1.165, 1.54) is 37.2 Å². The maximum absolute atomic E-state index is 12.5. The first-order valence-electron chi connectivity index (χ1n) is 9.01. The molecule has 0 unspecified atom stereocenters. The molecule has 24 heavy (non-hydrogen) atoms. The maximum atomic E-state index is 12.5. The minimum Gasteiger partial charge on any atom is -0.354 e. The van der Waals surface area contributed by atoms with E-state index in [0.717, 1.165) is 36.4 Å². The Labute approximate surface area is 148 Å². The van der Waals surface area contributed by atoms with Gasteiger partial charge in [0.15, 0.2) is 0 Å². The Balaban J connectivity index is 1.48. The fraction of sp³-hybridized carbons (Fsp3) is 0.667. The quantitative estimate of drug-likeness (QED) is 0.887. The average Bonchev–Trinajstić information content (AvgIpc) is 3.05. The molecular weight excluding hydrogens is 322 g/mol. The van der Waals surface area contributed by atoms with Gasteiger partial charge in [0.2, 0.25) is 5.91 Å². The molecule has 3 rings (SSSR count). The van der Waals surface area contributed by atoms with E-state index in [1.54, 1.807) is 18.4 Å². The van der Waals surface area contributed by atoms with Gasteiger partial charge in [0, 0.05) is 31.4 Å². The number of thiophene rings is 1. The van der Waals surface area contributed by atoms with Gasteiger partial charge in [0.1, 0.15) is 0 Å². The second-order valence-electron chi connectivity index (χ2n) is 6.71. The molecule has 0 bridgehead atoms. The van der Waals surface area contributed by atoms with Crippen LogP contribution in [0.15, 0.2) is 6.07 Å². The third kappa shape index (κ3) is 4.16. The predicted molar refractivity (Wildman–Crippen MR) is 96.4 cm³/mol. The molecule has 2 aliphatic rings. The molecule has 3 heterocycles. The standard InChI is InChI=1S/C18H27N3O2S/c1-19-18(23)16-12-14-13-21(11-7-15(14)24-16)17(22)6-5-10-20-8-3-2-4-9-20/h12H,2-11,13H2,1H3,(H,19,23). The van der Waals surface area contributed by atoms with Crippen molar-refractivity contribution in [3.8, 4) is 0 Å². The highest BCUT2D eigenvalue weighted by Crippen LogP contribution is 2.28. The second kappa shape index (κ2) is 8.12. The summed E-state index contributed by atoms with van der Waals surface area (Å²) in [6, 6.07) is 1.95. The number of rotatable bonds is 5. The van der Waals surface area contributed by atoms with Crippen molar-refractivity contribution in [2.75, 3.05) is 33.2 Å². The van der Waals surface area contributed by atoms with Crippen LogP contribution in [0.1, 0.15) is 52.2 Å². The summed E-state index contributed by atoms with van der Waals surface area (Å²) in [6.45, 7) is 4.87. The Bertz CT molecular complexity index is 593. The highest BCUT2D eigenvalue weighted by atomic mass is 32.1. The Hall–Kier alpha value is -1.40. The zero-order valence-corrected chi connectivity index (χ0v) is 15.3. The number of likely N-dealkylation sites (tertiary alicyclic amines) is 1. The van der Waals surface area contributed by atoms with Crippen molar-refractivity contribution in [1.82, 2.24) is 15.1 Å². The lowest BCUT2D eigenvalue weighted by atomic mass is 10.1. The van der Waals surface area contributed by atoms with Crippen molar-refractivity contribution >= 4 is 23.2 Å². The molecule has 132 valence electrons. The molecule has 0 spiro atoms. The van der Waals surface area contributed by atoms with Gasteiger partial charge in [-0.2, -0.15) is 0 Å². The number of hydrogen-bond acceptors (Lipinski definition) is 4. The van der Waals surface area contributed by atoms with Gasteiger partial charge in [-0.1, -0.05) is 6.42 Å². The summed E-state index contributed by atoms with van der Waals surface area (Å²) in [7, 11) is 1.65. The molecule has 1 saturated heterocycles. The van der Waals surface area contributed by atoms with Crippen molar-refractivity contribution in [2.24, 2.45) is 0 Å². The van der Waals surface area contributed by atoms with Crippen molar-refractivity contribution < 1.29 is 9.59 Å². The molecule has 1 aromatic heterocycles. The maximum Gasteiger partial charge on any atom is 0.261 e. The van der Waals surface area contributed by atoms with Gasteiger partial charge in [-0.05, 0) is 56.9 Å². The van der Waals surface area contributed by atoms with Gasteiger partial charge in [-0.25, -0.2) is 0 Å². The van der Waals surface area contributed by atoms with Crippen LogP contribution in [-0.2, 0) is 17.8 Å². The molecule has 1 fully saturated rings. The molecule has 0 saturated carbocycles. The predicted octanol–water partition coefficient (Wildman–Crippen LogP) is 2.26. The van der Waals surface area contributed by atoms with Gasteiger partial charge < -0.3 is 15.1 Å². The zero-order chi connectivity index (χ0) is 16.9. The largest absolute Gasteiger partial charge is 0.354 e. The molecule has 0 radical (unpaired) electrons. The molecule has 1 N–H and O–H groups in total. The highest BCUT2D eigenvalue weighted by molar-refractivity contribution is 7.14. The van der Waals surface area contributed by atoms with Crippen LogP contribution in [0.4, 0.5) is 0 Å². The van der Waals surface area contributed by atoms with E-state index in [4.69, 9.17) is 0 Å². The van der Waals surface area contributed by atoms with Crippen molar-refractivity contribution in [3.05, 3.63) is 21.4 Å². The zero-order valence-electron chi connectivity index (χ0n) is 14.5. The first-order valence-corrected chi connectivity index (χ1v) is 9.83. The summed E-state index contributed by atoms with van der Waals surface area (Å²) in [5.74, 6) is 0.221. The number of nitrogens with zero attached hydrogens (tertiary/aromatic N) is 2. The Morgan fingerprint density at radius 3 is 2.75 bits per heavy atom. The number of piperidine rings is 1. The number of fused-ring (bicyclic) bond motifs is 1. The van der Waals surface area contributed by atoms with Crippen LogP contribution in [0.3, 0.4) is 0 Å². The third-order valence-corrected chi connectivity index (χ3v) is 6.22. The normalized spacial score (nSPS) is 18.3. The molecule has 0 aliphatic carbocycles. The van der Waals surface area contributed by atoms with Gasteiger partial charge in [-0.15, -0.1) is 11.3 Å². The number of carbonyl (C=O) groups is 2. The van der Waals surface area contributed by atoms with Crippen LogP contribution in [0.5, 0.6) is 0 Å². The molecule has 0 aromatic carbocycles. The minimum absolute atomic E-state index is 0.0335. The lowest BCUT2D eigenvalue weighted by molar-refractivity contribution is -0.132. The summed E-state index contributed by atoms with van der Waals surface area (Å²) < 4.78 is 0. The monoisotopic (exact) mass is 349 g/mol. The van der Waals surface area contributed by atoms with Crippen molar-refractivity contribution in [2.45, 2.75) is 45.1 Å². The minimum atomic E-state index is -0.0335. The fourth-order valence-electron chi connectivity index (χ4n) is 3.58. The SMILES string of the molecule is CNC(=O)c1cc2c(s1)CCN(C(=O)CCCN1CCCCC1)C2. The van der Waals surface area contributed by atoms with Gasteiger partial charge in [0.05, 0.1) is 4.88 Å². The summed E-state index contributed by atoms with van der Waals surface area (Å²) in [5.41, 5.74) is 1.15. The van der Waals surface area contributed by atoms with E-state index in [2.05, 4.69) is 10.2 Å². The number of hydrogen-bond donors (Lipinski definition) is 1. The summed E-state index contributed by atoms with van der Waals surface area (Å²) >= 11 is 1.56. The number of amides is 2. The van der Waals surface area contributed by atoms with Crippen molar-refractivity contribution in [3.63, 3.8) is 0 Å². The Morgan fingerprint density at radius 2 is 2.00 bits per heavy atom. The first kappa shape index (κ1) is 17.4. The molecule has 5 nitrogen and oxygen atoms in total. The highest BCUT2D eigenvalue weighted by Gasteiger charge is 2.24. The average molecular weight is 350 g/mol. The van der Waals surface area contributed by atoms with E-state index < -0.39 is 0 Å². The van der Waals surface area contributed by atoms with E-state index in [9.17, 15) is 9.59 Å². The van der Waals surface area contributed by atoms with E-state index >= 15 is 0 Å². The molecular formula is C18H27N3O2S. The van der Waals surface area contributed by atoms with Crippen molar-refractivity contribution in [1.29, 1.82) is 0 Å². The fourth-order valence-corrected chi connectivity index (χ4v) is 4.69. The second-order valence-corrected chi connectivity index (χ2v) is 7.85. The van der Waals surface area contributed by atoms with Crippen LogP contribution in [-0.4, -0.2) is 54.8 Å². The molecule has 2 aliphatic heterocycles. The van der Waals surface area contributed by atoms with Gasteiger partial charge >= 0.3 is 0 Å². The molecule has 2 amide bonds. The van der Waals surface area contributed by atoms with E-state index in [1.807, 2.05) is 11.0 Å². The lowest BCUT2D eigenvalue weighted by Gasteiger charge is -2.28. The molecule has 6 heteroatoms. The van der Waals surface area contributed by atoms with Crippen LogP contribution in [0, 0.1) is 0 Å². The molecule has 0 atom stereocenters. The van der Waals surface area contributed by atoms with Crippen LogP contribution < -0.4 is 5.32 Å². The summed E-state index contributed by atoms with van der Waals surface area (Å²) in [5, 5.41) is 2.67. The van der Waals surface area contributed by atoms with Gasteiger partial charge in [0.25, 0.3) is 5.91 Å².